The fraction of sp³-hybridized carbons (Fsp3) is 0.600. The van der Waals surface area contributed by atoms with Gasteiger partial charge in [-0.1, -0.05) is 6.07 Å². The average Bonchev–Trinajstić information content (AvgIpc) is 2.41. The number of benzene rings is 1. The van der Waals surface area contributed by atoms with E-state index in [9.17, 15) is 0 Å². The number of nitrogens with one attached hydrogen (secondary N) is 1. The molecule has 1 aromatic rings. The van der Waals surface area contributed by atoms with Crippen LogP contribution in [0.15, 0.2) is 12.1 Å². The molecule has 0 bridgehead atoms. The summed E-state index contributed by atoms with van der Waals surface area (Å²) >= 11 is 0. The predicted molar refractivity (Wildman–Crippen MR) is 75.0 cm³/mol. The monoisotopic (exact) mass is 248 g/mol. The third kappa shape index (κ3) is 2.68. The van der Waals surface area contributed by atoms with Gasteiger partial charge in [-0.2, -0.15) is 0 Å². The van der Waals surface area contributed by atoms with E-state index in [1.807, 2.05) is 0 Å². The van der Waals surface area contributed by atoms with Crippen molar-refractivity contribution < 1.29 is 4.74 Å². The van der Waals surface area contributed by atoms with E-state index < -0.39 is 0 Å². The zero-order chi connectivity index (χ0) is 13.1. The average molecular weight is 248 g/mol. The highest BCUT2D eigenvalue weighted by atomic mass is 16.5. The van der Waals surface area contributed by atoms with Gasteiger partial charge >= 0.3 is 0 Å². The van der Waals surface area contributed by atoms with E-state index in [1.54, 1.807) is 7.11 Å². The van der Waals surface area contributed by atoms with Gasteiger partial charge < -0.3 is 15.8 Å². The first-order valence-corrected chi connectivity index (χ1v) is 6.75. The number of methoxy groups -OCH3 is 1. The molecule has 0 radical (unpaired) electrons. The van der Waals surface area contributed by atoms with Gasteiger partial charge in [0, 0.05) is 6.04 Å². The summed E-state index contributed by atoms with van der Waals surface area (Å²) in [5.74, 6) is 1.50. The second-order valence-electron chi connectivity index (χ2n) is 5.31. The normalized spacial score (nSPS) is 21.7. The van der Waals surface area contributed by atoms with Crippen LogP contribution in [0.5, 0.6) is 5.75 Å². The number of ether oxygens (including phenoxy) is 1. The number of hydrogen-bond donors (Lipinski definition) is 2. The maximum absolute atomic E-state index is 6.45. The van der Waals surface area contributed by atoms with Gasteiger partial charge in [0.15, 0.2) is 0 Å². The van der Waals surface area contributed by atoms with Crippen molar-refractivity contribution in [1.29, 1.82) is 0 Å². The Morgan fingerprint density at radius 2 is 2.11 bits per heavy atom. The summed E-state index contributed by atoms with van der Waals surface area (Å²) in [5.41, 5.74) is 10.1. The Morgan fingerprint density at radius 1 is 1.33 bits per heavy atom. The number of hydrogen-bond acceptors (Lipinski definition) is 3. The van der Waals surface area contributed by atoms with Gasteiger partial charge in [-0.15, -0.1) is 0 Å². The molecule has 100 valence electrons. The van der Waals surface area contributed by atoms with Crippen LogP contribution in [0.2, 0.25) is 0 Å². The first kappa shape index (κ1) is 13.4. The van der Waals surface area contributed by atoms with Crippen molar-refractivity contribution in [3.63, 3.8) is 0 Å². The van der Waals surface area contributed by atoms with E-state index in [-0.39, 0.29) is 6.04 Å². The van der Waals surface area contributed by atoms with Gasteiger partial charge in [-0.25, -0.2) is 0 Å². The van der Waals surface area contributed by atoms with Crippen molar-refractivity contribution in [3.05, 3.63) is 28.8 Å². The van der Waals surface area contributed by atoms with Crippen molar-refractivity contribution in [3.8, 4) is 5.75 Å². The Morgan fingerprint density at radius 3 is 2.72 bits per heavy atom. The first-order chi connectivity index (χ1) is 8.63. The van der Waals surface area contributed by atoms with Crippen LogP contribution in [-0.2, 0) is 0 Å². The molecule has 0 aliphatic carbocycles. The molecule has 1 aliphatic heterocycles. The number of piperidine rings is 1. The molecule has 2 unspecified atom stereocenters. The quantitative estimate of drug-likeness (QED) is 0.863. The summed E-state index contributed by atoms with van der Waals surface area (Å²) in [6.45, 7) is 6.36. The van der Waals surface area contributed by atoms with E-state index in [1.165, 1.54) is 24.0 Å². The zero-order valence-corrected chi connectivity index (χ0v) is 11.6. The smallest absolute Gasteiger partial charge is 0.122 e. The molecule has 1 heterocycles. The van der Waals surface area contributed by atoms with Crippen LogP contribution in [0.1, 0.15) is 35.6 Å². The molecule has 1 saturated heterocycles. The van der Waals surface area contributed by atoms with Gasteiger partial charge in [0.2, 0.25) is 0 Å². The summed E-state index contributed by atoms with van der Waals surface area (Å²) < 4.78 is 5.35. The summed E-state index contributed by atoms with van der Waals surface area (Å²) in [6, 6.07) is 4.41. The van der Waals surface area contributed by atoms with Gasteiger partial charge in [-0.05, 0) is 68.5 Å². The van der Waals surface area contributed by atoms with Crippen molar-refractivity contribution in [2.45, 2.75) is 32.7 Å². The van der Waals surface area contributed by atoms with Gasteiger partial charge in [-0.3, -0.25) is 0 Å². The fourth-order valence-electron chi connectivity index (χ4n) is 2.83. The van der Waals surface area contributed by atoms with E-state index in [0.717, 1.165) is 24.4 Å². The molecule has 1 fully saturated rings. The van der Waals surface area contributed by atoms with E-state index in [4.69, 9.17) is 10.5 Å². The molecule has 18 heavy (non-hydrogen) atoms. The minimum absolute atomic E-state index is 0.127. The molecular formula is C15H24N2O. The van der Waals surface area contributed by atoms with Crippen molar-refractivity contribution in [2.24, 2.45) is 11.7 Å². The number of rotatable bonds is 3. The molecule has 1 aromatic carbocycles. The van der Waals surface area contributed by atoms with Crippen LogP contribution in [0, 0.1) is 19.8 Å². The van der Waals surface area contributed by atoms with Gasteiger partial charge in [0.05, 0.1) is 7.11 Å². The molecule has 0 spiro atoms. The van der Waals surface area contributed by atoms with E-state index in [2.05, 4.69) is 31.3 Å². The first-order valence-electron chi connectivity index (χ1n) is 6.75. The Kier molecular flexibility index (Phi) is 4.25. The second-order valence-corrected chi connectivity index (χ2v) is 5.31. The Labute approximate surface area is 110 Å². The van der Waals surface area contributed by atoms with Crippen molar-refractivity contribution in [1.82, 2.24) is 5.32 Å². The lowest BCUT2D eigenvalue weighted by atomic mass is 9.85. The highest BCUT2D eigenvalue weighted by Crippen LogP contribution is 2.31. The molecule has 2 rings (SSSR count). The Balaban J connectivity index is 2.23. The number of aryl methyl sites for hydroxylation is 2. The second kappa shape index (κ2) is 5.72. The lowest BCUT2D eigenvalue weighted by Gasteiger charge is -2.29. The maximum Gasteiger partial charge on any atom is 0.122 e. The topological polar surface area (TPSA) is 47.3 Å². The number of nitrogens with two attached hydrogens (primary N) is 1. The molecule has 2 atom stereocenters. The lowest BCUT2D eigenvalue weighted by Crippen LogP contribution is -2.36. The maximum atomic E-state index is 6.45. The van der Waals surface area contributed by atoms with Crippen LogP contribution in [0.3, 0.4) is 0 Å². The molecule has 0 saturated carbocycles. The summed E-state index contributed by atoms with van der Waals surface area (Å²) in [4.78, 5) is 0. The van der Waals surface area contributed by atoms with Crippen LogP contribution in [0.4, 0.5) is 0 Å². The van der Waals surface area contributed by atoms with Gasteiger partial charge in [0.1, 0.15) is 5.75 Å². The van der Waals surface area contributed by atoms with Crippen molar-refractivity contribution in [2.75, 3.05) is 20.2 Å². The SMILES string of the molecule is COc1cc(C)c(C(N)C2CCCNC2)cc1C. The van der Waals surface area contributed by atoms with Crippen LogP contribution in [-0.4, -0.2) is 20.2 Å². The van der Waals surface area contributed by atoms with Crippen LogP contribution in [0.25, 0.3) is 0 Å². The molecule has 3 N–H and O–H groups in total. The molecule has 3 nitrogen and oxygen atoms in total. The molecule has 0 amide bonds. The van der Waals surface area contributed by atoms with E-state index in [0.29, 0.717) is 5.92 Å². The summed E-state index contributed by atoms with van der Waals surface area (Å²) in [5, 5.41) is 3.44. The van der Waals surface area contributed by atoms with Gasteiger partial charge in [0.25, 0.3) is 0 Å². The third-order valence-electron chi connectivity index (χ3n) is 3.99. The fourth-order valence-corrected chi connectivity index (χ4v) is 2.83. The zero-order valence-electron chi connectivity index (χ0n) is 11.6. The third-order valence-corrected chi connectivity index (χ3v) is 3.99. The standard InChI is InChI=1S/C15H24N2O/c1-10-8-14(18-3)11(2)7-13(10)15(16)12-5-4-6-17-9-12/h7-8,12,15,17H,4-6,9,16H2,1-3H3. The minimum Gasteiger partial charge on any atom is -0.496 e. The Hall–Kier alpha value is -1.06. The molecule has 3 heteroatoms. The lowest BCUT2D eigenvalue weighted by molar-refractivity contribution is 0.325. The van der Waals surface area contributed by atoms with E-state index >= 15 is 0 Å². The highest BCUT2D eigenvalue weighted by Gasteiger charge is 2.23. The molecular weight excluding hydrogens is 224 g/mol. The predicted octanol–water partition coefficient (Wildman–Crippen LogP) is 2.31. The largest absolute Gasteiger partial charge is 0.496 e. The summed E-state index contributed by atoms with van der Waals surface area (Å²) in [7, 11) is 1.71. The minimum atomic E-state index is 0.127. The van der Waals surface area contributed by atoms with Crippen molar-refractivity contribution >= 4 is 0 Å². The molecule has 1 aliphatic rings. The van der Waals surface area contributed by atoms with Crippen LogP contribution < -0.4 is 15.8 Å². The molecule has 0 aromatic heterocycles. The van der Waals surface area contributed by atoms with Crippen LogP contribution >= 0.6 is 0 Å². The Bertz CT molecular complexity index is 411. The highest BCUT2D eigenvalue weighted by molar-refractivity contribution is 5.43. The summed E-state index contributed by atoms with van der Waals surface area (Å²) in [6.07, 6.45) is 2.45.